The minimum atomic E-state index is -1.00. The predicted octanol–water partition coefficient (Wildman–Crippen LogP) is 1.03. The van der Waals surface area contributed by atoms with Crippen LogP contribution in [-0.2, 0) is 19.2 Å². The molecule has 0 spiro atoms. The third-order valence-electron chi connectivity index (χ3n) is 4.98. The van der Waals surface area contributed by atoms with Crippen molar-refractivity contribution in [1.29, 1.82) is 0 Å². The highest BCUT2D eigenvalue weighted by Gasteiger charge is 2.60. The molecule has 2 aliphatic heterocycles. The molecule has 0 bridgehead atoms. The van der Waals surface area contributed by atoms with Crippen LogP contribution in [0.3, 0.4) is 0 Å². The largest absolute Gasteiger partial charge is 0.497 e. The van der Waals surface area contributed by atoms with Gasteiger partial charge in [-0.2, -0.15) is 5.06 Å². The van der Waals surface area contributed by atoms with Crippen molar-refractivity contribution in [3.8, 4) is 5.75 Å². The summed E-state index contributed by atoms with van der Waals surface area (Å²) < 4.78 is 5.17. The van der Waals surface area contributed by atoms with Crippen molar-refractivity contribution >= 4 is 23.4 Å². The van der Waals surface area contributed by atoms with Gasteiger partial charge in [-0.1, -0.05) is 30.3 Å². The molecule has 0 aromatic heterocycles. The number of carbonyl (C=O) groups excluding carboxylic acids is 3. The minimum absolute atomic E-state index is 0.227. The Bertz CT molecular complexity index is 915. The number of fused-ring (bicyclic) bond motifs is 1. The van der Waals surface area contributed by atoms with Crippen LogP contribution in [0.5, 0.6) is 5.75 Å². The van der Waals surface area contributed by atoms with Gasteiger partial charge in [-0.05, 0) is 29.8 Å². The molecule has 2 saturated heterocycles. The van der Waals surface area contributed by atoms with E-state index < -0.39 is 29.9 Å². The topological polar surface area (TPSA) is 102 Å². The molecule has 8 heteroatoms. The number of para-hydroxylation sites is 1. The summed E-state index contributed by atoms with van der Waals surface area (Å²) in [5.41, 5.74) is 6.55. The van der Waals surface area contributed by atoms with Crippen LogP contribution < -0.4 is 15.4 Å². The van der Waals surface area contributed by atoms with E-state index in [0.717, 1.165) is 10.5 Å². The Morgan fingerprint density at radius 2 is 1.75 bits per heavy atom. The number of hydrogen-bond donors (Lipinski definition) is 1. The van der Waals surface area contributed by atoms with Crippen LogP contribution in [-0.4, -0.2) is 42.5 Å². The zero-order valence-electron chi connectivity index (χ0n) is 15.1. The number of hydrogen-bond acceptors (Lipinski definition) is 6. The van der Waals surface area contributed by atoms with E-state index in [2.05, 4.69) is 0 Å². The SMILES string of the molecule is COc1ccc(C2C3C(=O)N(c4ccccc4)C(=O)C3ON2CC(N)=O)cc1. The lowest BCUT2D eigenvalue weighted by Gasteiger charge is -2.26. The first-order valence-corrected chi connectivity index (χ1v) is 8.80. The molecule has 0 saturated carbocycles. The van der Waals surface area contributed by atoms with Gasteiger partial charge in [-0.3, -0.25) is 19.2 Å². The number of amides is 3. The van der Waals surface area contributed by atoms with Gasteiger partial charge in [0.25, 0.3) is 5.91 Å². The number of hydroxylamine groups is 2. The number of imide groups is 1. The minimum Gasteiger partial charge on any atom is -0.497 e. The van der Waals surface area contributed by atoms with Crippen molar-refractivity contribution in [1.82, 2.24) is 5.06 Å². The maximum Gasteiger partial charge on any atom is 0.265 e. The summed E-state index contributed by atoms with van der Waals surface area (Å²) >= 11 is 0. The molecular formula is C20H19N3O5. The van der Waals surface area contributed by atoms with Gasteiger partial charge in [0.05, 0.1) is 24.8 Å². The van der Waals surface area contributed by atoms with E-state index in [4.69, 9.17) is 15.3 Å². The molecular weight excluding hydrogens is 362 g/mol. The molecule has 144 valence electrons. The molecule has 0 radical (unpaired) electrons. The highest BCUT2D eigenvalue weighted by atomic mass is 16.7. The Hall–Kier alpha value is -3.23. The Kier molecular flexibility index (Phi) is 4.58. The smallest absolute Gasteiger partial charge is 0.265 e. The molecule has 2 N–H and O–H groups in total. The monoisotopic (exact) mass is 381 g/mol. The average Bonchev–Trinajstić information content (AvgIpc) is 3.17. The molecule has 0 aliphatic carbocycles. The molecule has 3 atom stereocenters. The van der Waals surface area contributed by atoms with Gasteiger partial charge < -0.3 is 10.5 Å². The summed E-state index contributed by atoms with van der Waals surface area (Å²) in [6.07, 6.45) is -1.00. The van der Waals surface area contributed by atoms with E-state index in [1.807, 2.05) is 0 Å². The summed E-state index contributed by atoms with van der Waals surface area (Å²) in [5.74, 6) is -1.56. The normalized spacial score (nSPS) is 24.5. The fourth-order valence-electron chi connectivity index (χ4n) is 3.77. The molecule has 3 amide bonds. The van der Waals surface area contributed by atoms with Crippen molar-refractivity contribution in [2.45, 2.75) is 12.1 Å². The third-order valence-corrected chi connectivity index (χ3v) is 4.98. The molecule has 8 nitrogen and oxygen atoms in total. The maximum atomic E-state index is 13.2. The van der Waals surface area contributed by atoms with Gasteiger partial charge in [0.2, 0.25) is 11.8 Å². The number of nitrogens with two attached hydrogens (primary N) is 1. The van der Waals surface area contributed by atoms with E-state index in [9.17, 15) is 14.4 Å². The summed E-state index contributed by atoms with van der Waals surface area (Å²) in [5, 5.41) is 1.33. The summed E-state index contributed by atoms with van der Waals surface area (Å²) in [6.45, 7) is -0.227. The first-order valence-electron chi connectivity index (χ1n) is 8.80. The molecule has 28 heavy (non-hydrogen) atoms. The first kappa shape index (κ1) is 18.1. The van der Waals surface area contributed by atoms with Crippen LogP contribution in [0.2, 0.25) is 0 Å². The maximum absolute atomic E-state index is 13.2. The quantitative estimate of drug-likeness (QED) is 0.776. The van der Waals surface area contributed by atoms with Gasteiger partial charge in [0, 0.05) is 0 Å². The zero-order valence-corrected chi connectivity index (χ0v) is 15.1. The molecule has 2 aromatic carbocycles. The number of nitrogens with zero attached hydrogens (tertiary/aromatic N) is 2. The Morgan fingerprint density at radius 1 is 1.07 bits per heavy atom. The number of methoxy groups -OCH3 is 1. The van der Waals surface area contributed by atoms with Gasteiger partial charge in [-0.25, -0.2) is 4.90 Å². The fourth-order valence-corrected chi connectivity index (χ4v) is 3.77. The summed E-state index contributed by atoms with van der Waals surface area (Å²) in [6, 6.07) is 15.2. The second-order valence-electron chi connectivity index (χ2n) is 6.66. The lowest BCUT2D eigenvalue weighted by molar-refractivity contribution is -0.175. The van der Waals surface area contributed by atoms with E-state index >= 15 is 0 Å². The van der Waals surface area contributed by atoms with Gasteiger partial charge in [0.1, 0.15) is 12.3 Å². The van der Waals surface area contributed by atoms with Crippen LogP contribution >= 0.6 is 0 Å². The fraction of sp³-hybridized carbons (Fsp3) is 0.250. The van der Waals surface area contributed by atoms with Gasteiger partial charge in [0.15, 0.2) is 6.10 Å². The number of benzene rings is 2. The molecule has 4 rings (SSSR count). The highest BCUT2D eigenvalue weighted by Crippen LogP contribution is 2.45. The van der Waals surface area contributed by atoms with Crippen molar-refractivity contribution < 1.29 is 24.0 Å². The van der Waals surface area contributed by atoms with Crippen LogP contribution in [0, 0.1) is 5.92 Å². The predicted molar refractivity (Wildman–Crippen MR) is 98.9 cm³/mol. The van der Waals surface area contributed by atoms with Crippen LogP contribution in [0.25, 0.3) is 0 Å². The second-order valence-corrected chi connectivity index (χ2v) is 6.66. The van der Waals surface area contributed by atoms with Crippen molar-refractivity contribution in [2.75, 3.05) is 18.6 Å². The summed E-state index contributed by atoms with van der Waals surface area (Å²) in [4.78, 5) is 44.5. The van der Waals surface area contributed by atoms with Crippen molar-refractivity contribution in [2.24, 2.45) is 11.7 Å². The average molecular weight is 381 g/mol. The first-order chi connectivity index (χ1) is 13.5. The van der Waals surface area contributed by atoms with Gasteiger partial charge >= 0.3 is 0 Å². The Labute approximate surface area is 161 Å². The Morgan fingerprint density at radius 3 is 2.36 bits per heavy atom. The standard InChI is InChI=1S/C20H19N3O5/c1-27-14-9-7-12(8-10-14)17-16-18(28-22(17)11-15(21)24)20(26)23(19(16)25)13-5-3-2-4-6-13/h2-10,16-18H,11H2,1H3,(H2,21,24). The van der Waals surface area contributed by atoms with Crippen LogP contribution in [0.15, 0.2) is 54.6 Å². The molecule has 2 aliphatic rings. The summed E-state index contributed by atoms with van der Waals surface area (Å²) in [7, 11) is 1.56. The van der Waals surface area contributed by atoms with Gasteiger partial charge in [-0.15, -0.1) is 0 Å². The number of ether oxygens (including phenoxy) is 1. The van der Waals surface area contributed by atoms with Crippen LogP contribution in [0.4, 0.5) is 5.69 Å². The number of rotatable bonds is 5. The molecule has 2 aromatic rings. The number of anilines is 1. The molecule has 2 heterocycles. The molecule has 2 fully saturated rings. The Balaban J connectivity index is 1.72. The van der Waals surface area contributed by atoms with Crippen LogP contribution in [0.1, 0.15) is 11.6 Å². The van der Waals surface area contributed by atoms with E-state index in [1.54, 1.807) is 61.7 Å². The lowest BCUT2D eigenvalue weighted by Crippen LogP contribution is -2.40. The lowest BCUT2D eigenvalue weighted by atomic mass is 9.91. The van der Waals surface area contributed by atoms with E-state index in [0.29, 0.717) is 11.4 Å². The van der Waals surface area contributed by atoms with Crippen molar-refractivity contribution in [3.05, 3.63) is 60.2 Å². The second kappa shape index (κ2) is 7.06. The zero-order chi connectivity index (χ0) is 19.8. The van der Waals surface area contributed by atoms with E-state index in [-0.39, 0.29) is 12.5 Å². The highest BCUT2D eigenvalue weighted by molar-refractivity contribution is 6.23. The number of primary amides is 1. The third kappa shape index (κ3) is 2.92. The number of carbonyl (C=O) groups is 3. The van der Waals surface area contributed by atoms with Crippen molar-refractivity contribution in [3.63, 3.8) is 0 Å². The van der Waals surface area contributed by atoms with E-state index in [1.165, 1.54) is 5.06 Å². The molecule has 3 unspecified atom stereocenters.